The molecule has 0 aliphatic heterocycles. The van der Waals surface area contributed by atoms with Crippen LogP contribution in [-0.4, -0.2) is 10.9 Å². The number of para-hydroxylation sites is 1. The van der Waals surface area contributed by atoms with Gasteiger partial charge in [-0.15, -0.1) is 11.3 Å². The Labute approximate surface area is 150 Å². The van der Waals surface area contributed by atoms with E-state index in [1.165, 1.54) is 4.70 Å². The van der Waals surface area contributed by atoms with Gasteiger partial charge < -0.3 is 5.32 Å². The number of aromatic nitrogens is 1. The van der Waals surface area contributed by atoms with Crippen LogP contribution in [-0.2, 0) is 11.2 Å². The molecular formula is C21H18N2OS. The second-order valence-electron chi connectivity index (χ2n) is 6.00. The molecule has 0 saturated heterocycles. The average Bonchev–Trinajstić information content (AvgIpc) is 3.05. The SMILES string of the molecule is O=C(CCCc1nc2ccccc2s1)Nc1cccc2ccccc12. The molecule has 0 spiro atoms. The maximum atomic E-state index is 12.3. The zero-order valence-electron chi connectivity index (χ0n) is 13.7. The van der Waals surface area contributed by atoms with Gasteiger partial charge in [0.1, 0.15) is 0 Å². The second-order valence-corrected chi connectivity index (χ2v) is 7.12. The minimum absolute atomic E-state index is 0.0532. The van der Waals surface area contributed by atoms with Gasteiger partial charge in [-0.2, -0.15) is 0 Å². The Morgan fingerprint density at radius 3 is 2.68 bits per heavy atom. The van der Waals surface area contributed by atoms with Gasteiger partial charge in [-0.1, -0.05) is 48.5 Å². The number of nitrogens with zero attached hydrogens (tertiary/aromatic N) is 1. The highest BCUT2D eigenvalue weighted by Gasteiger charge is 2.07. The molecule has 1 N–H and O–H groups in total. The molecule has 0 bridgehead atoms. The van der Waals surface area contributed by atoms with Crippen molar-refractivity contribution in [3.8, 4) is 0 Å². The lowest BCUT2D eigenvalue weighted by Crippen LogP contribution is -2.11. The number of benzene rings is 3. The molecule has 0 atom stereocenters. The average molecular weight is 346 g/mol. The van der Waals surface area contributed by atoms with Crippen LogP contribution in [0.15, 0.2) is 66.7 Å². The van der Waals surface area contributed by atoms with E-state index in [0.717, 1.165) is 39.8 Å². The van der Waals surface area contributed by atoms with E-state index in [1.54, 1.807) is 11.3 Å². The van der Waals surface area contributed by atoms with Gasteiger partial charge in [0.15, 0.2) is 0 Å². The maximum absolute atomic E-state index is 12.3. The van der Waals surface area contributed by atoms with Crippen molar-refractivity contribution in [3.63, 3.8) is 0 Å². The van der Waals surface area contributed by atoms with E-state index >= 15 is 0 Å². The van der Waals surface area contributed by atoms with Crippen molar-refractivity contribution in [1.29, 1.82) is 0 Å². The Bertz CT molecular complexity index is 1000. The third kappa shape index (κ3) is 3.54. The number of rotatable bonds is 5. The van der Waals surface area contributed by atoms with Gasteiger partial charge in [0.2, 0.25) is 5.91 Å². The molecule has 0 fully saturated rings. The number of aryl methyl sites for hydroxylation is 1. The van der Waals surface area contributed by atoms with E-state index < -0.39 is 0 Å². The number of thiazole rings is 1. The van der Waals surface area contributed by atoms with E-state index in [4.69, 9.17) is 0 Å². The summed E-state index contributed by atoms with van der Waals surface area (Å²) in [4.78, 5) is 16.9. The van der Waals surface area contributed by atoms with Crippen molar-refractivity contribution in [1.82, 2.24) is 4.98 Å². The molecule has 1 aromatic heterocycles. The predicted octanol–water partition coefficient (Wildman–Crippen LogP) is 5.41. The minimum Gasteiger partial charge on any atom is -0.326 e. The molecule has 4 aromatic rings. The van der Waals surface area contributed by atoms with Crippen molar-refractivity contribution in [2.24, 2.45) is 0 Å². The van der Waals surface area contributed by atoms with Gasteiger partial charge in [-0.25, -0.2) is 4.98 Å². The van der Waals surface area contributed by atoms with E-state index in [2.05, 4.69) is 28.5 Å². The molecule has 0 radical (unpaired) electrons. The van der Waals surface area contributed by atoms with Gasteiger partial charge in [-0.05, 0) is 36.4 Å². The zero-order chi connectivity index (χ0) is 17.1. The summed E-state index contributed by atoms with van der Waals surface area (Å²) in [6.45, 7) is 0. The zero-order valence-corrected chi connectivity index (χ0v) is 14.6. The normalized spacial score (nSPS) is 11.0. The highest BCUT2D eigenvalue weighted by Crippen LogP contribution is 2.24. The van der Waals surface area contributed by atoms with E-state index in [1.807, 2.05) is 48.5 Å². The summed E-state index contributed by atoms with van der Waals surface area (Å²) in [6.07, 6.45) is 2.14. The second kappa shape index (κ2) is 7.03. The van der Waals surface area contributed by atoms with Crippen LogP contribution in [0, 0.1) is 0 Å². The number of carbonyl (C=O) groups is 1. The molecule has 25 heavy (non-hydrogen) atoms. The molecule has 0 aliphatic rings. The number of hydrogen-bond acceptors (Lipinski definition) is 3. The van der Waals surface area contributed by atoms with Crippen molar-refractivity contribution in [2.45, 2.75) is 19.3 Å². The first-order valence-corrected chi connectivity index (χ1v) is 9.23. The first kappa shape index (κ1) is 15.8. The lowest BCUT2D eigenvalue weighted by atomic mass is 10.1. The number of hydrogen-bond donors (Lipinski definition) is 1. The fraction of sp³-hybridized carbons (Fsp3) is 0.143. The molecule has 0 aliphatic carbocycles. The van der Waals surface area contributed by atoms with Crippen LogP contribution in [0.5, 0.6) is 0 Å². The van der Waals surface area contributed by atoms with E-state index in [0.29, 0.717) is 6.42 Å². The molecule has 1 amide bonds. The number of carbonyl (C=O) groups excluding carboxylic acids is 1. The molecule has 1 heterocycles. The van der Waals surface area contributed by atoms with Crippen molar-refractivity contribution in [2.75, 3.05) is 5.32 Å². The van der Waals surface area contributed by atoms with Crippen LogP contribution in [0.4, 0.5) is 5.69 Å². The Morgan fingerprint density at radius 2 is 1.76 bits per heavy atom. The Balaban J connectivity index is 1.37. The summed E-state index contributed by atoms with van der Waals surface area (Å²) in [5.41, 5.74) is 1.92. The van der Waals surface area contributed by atoms with Gasteiger partial charge >= 0.3 is 0 Å². The first-order chi connectivity index (χ1) is 12.3. The summed E-state index contributed by atoms with van der Waals surface area (Å²) in [5, 5.41) is 6.35. The summed E-state index contributed by atoms with van der Waals surface area (Å²) in [6, 6.07) is 22.2. The molecule has 0 saturated carbocycles. The van der Waals surface area contributed by atoms with Crippen molar-refractivity contribution in [3.05, 3.63) is 71.7 Å². The number of nitrogens with one attached hydrogen (secondary N) is 1. The highest BCUT2D eigenvalue weighted by molar-refractivity contribution is 7.18. The molecule has 3 aromatic carbocycles. The summed E-state index contributed by atoms with van der Waals surface area (Å²) in [5.74, 6) is 0.0532. The number of anilines is 1. The maximum Gasteiger partial charge on any atom is 0.224 e. The van der Waals surface area contributed by atoms with Gasteiger partial charge in [0.05, 0.1) is 15.2 Å². The van der Waals surface area contributed by atoms with E-state index in [-0.39, 0.29) is 5.91 Å². The van der Waals surface area contributed by atoms with Gasteiger partial charge in [0, 0.05) is 17.5 Å². The Hall–Kier alpha value is -2.72. The quantitative estimate of drug-likeness (QED) is 0.525. The molecule has 3 nitrogen and oxygen atoms in total. The number of amides is 1. The molecule has 4 rings (SSSR count). The van der Waals surface area contributed by atoms with Crippen LogP contribution in [0.2, 0.25) is 0 Å². The Kier molecular flexibility index (Phi) is 4.44. The molecule has 0 unspecified atom stereocenters. The summed E-state index contributed by atoms with van der Waals surface area (Å²) < 4.78 is 1.21. The topological polar surface area (TPSA) is 42.0 Å². The monoisotopic (exact) mass is 346 g/mol. The molecule has 124 valence electrons. The third-order valence-electron chi connectivity index (χ3n) is 4.20. The van der Waals surface area contributed by atoms with Crippen LogP contribution in [0.3, 0.4) is 0 Å². The van der Waals surface area contributed by atoms with Crippen molar-refractivity contribution >= 4 is 43.9 Å². The van der Waals surface area contributed by atoms with Crippen LogP contribution in [0.1, 0.15) is 17.8 Å². The fourth-order valence-corrected chi connectivity index (χ4v) is 3.98. The fourth-order valence-electron chi connectivity index (χ4n) is 2.97. The number of fused-ring (bicyclic) bond motifs is 2. The highest BCUT2D eigenvalue weighted by atomic mass is 32.1. The van der Waals surface area contributed by atoms with Crippen LogP contribution >= 0.6 is 11.3 Å². The minimum atomic E-state index is 0.0532. The molecular weight excluding hydrogens is 328 g/mol. The first-order valence-electron chi connectivity index (χ1n) is 8.42. The predicted molar refractivity (Wildman–Crippen MR) is 105 cm³/mol. The lowest BCUT2D eigenvalue weighted by molar-refractivity contribution is -0.116. The molecule has 4 heteroatoms. The third-order valence-corrected chi connectivity index (χ3v) is 5.29. The van der Waals surface area contributed by atoms with Gasteiger partial charge in [-0.3, -0.25) is 4.79 Å². The summed E-state index contributed by atoms with van der Waals surface area (Å²) in [7, 11) is 0. The largest absolute Gasteiger partial charge is 0.326 e. The van der Waals surface area contributed by atoms with Crippen LogP contribution < -0.4 is 5.32 Å². The van der Waals surface area contributed by atoms with E-state index in [9.17, 15) is 4.79 Å². The summed E-state index contributed by atoms with van der Waals surface area (Å²) >= 11 is 1.71. The van der Waals surface area contributed by atoms with Gasteiger partial charge in [0.25, 0.3) is 0 Å². The smallest absolute Gasteiger partial charge is 0.224 e. The van der Waals surface area contributed by atoms with Crippen LogP contribution in [0.25, 0.3) is 21.0 Å². The Morgan fingerprint density at radius 1 is 0.960 bits per heavy atom. The lowest BCUT2D eigenvalue weighted by Gasteiger charge is -2.08. The standard InChI is InChI=1S/C21H18N2OS/c24-20(22-17-11-5-8-15-7-1-2-9-16(15)17)13-6-14-21-23-18-10-3-4-12-19(18)25-21/h1-5,7-12H,6,13-14H2,(H,22,24). The van der Waals surface area contributed by atoms with Crippen molar-refractivity contribution < 1.29 is 4.79 Å².